The Morgan fingerprint density at radius 3 is 2.29 bits per heavy atom. The third-order valence-corrected chi connectivity index (χ3v) is 6.45. The number of hydrogen-bond acceptors (Lipinski definition) is 13. The summed E-state index contributed by atoms with van der Waals surface area (Å²) >= 11 is 0. The van der Waals surface area contributed by atoms with Crippen LogP contribution in [0.2, 0.25) is 0 Å². The predicted molar refractivity (Wildman–Crippen MR) is 122 cm³/mol. The number of amides is 2. The molecule has 2 amide bonds. The molecule has 1 aromatic rings. The van der Waals surface area contributed by atoms with Gasteiger partial charge in [0.25, 0.3) is 11.5 Å². The van der Waals surface area contributed by atoms with Crippen LogP contribution in [0.25, 0.3) is 0 Å². The number of rotatable bonds is 9. The number of nitrogens with zero attached hydrogens (tertiary/aromatic N) is 1. The van der Waals surface area contributed by atoms with Gasteiger partial charge < -0.3 is 55.9 Å². The normalized spacial score (nSPS) is 34.9. The summed E-state index contributed by atoms with van der Waals surface area (Å²) in [5.41, 5.74) is -1.59. The molecule has 1 aromatic heterocycles. The summed E-state index contributed by atoms with van der Waals surface area (Å²) in [6.07, 6.45) is -14.7. The fraction of sp³-hybridized carbons (Fsp3) is 0.714. The molecule has 2 fully saturated rings. The van der Waals surface area contributed by atoms with E-state index < -0.39 is 110 Å². The minimum Gasteiger partial charge on any atom is -0.394 e. The van der Waals surface area contributed by atoms with Crippen LogP contribution in [0, 0.1) is 0 Å². The molecule has 17 nitrogen and oxygen atoms in total. The number of aliphatic hydroxyl groups is 7. The van der Waals surface area contributed by atoms with Gasteiger partial charge in [-0.1, -0.05) is 0 Å². The summed E-state index contributed by atoms with van der Waals surface area (Å²) in [6, 6.07) is -0.224. The Labute approximate surface area is 214 Å². The molecular weight excluding hydrogens is 516 g/mol. The number of hydrogen-bond donors (Lipinski definition) is 10. The van der Waals surface area contributed by atoms with E-state index in [1.165, 1.54) is 0 Å². The highest BCUT2D eigenvalue weighted by Crippen LogP contribution is 2.28. The smallest absolute Gasteiger partial charge is 0.330 e. The zero-order valence-electron chi connectivity index (χ0n) is 20.2. The van der Waals surface area contributed by atoms with Crippen molar-refractivity contribution in [1.29, 1.82) is 0 Å². The fourth-order valence-electron chi connectivity index (χ4n) is 4.41. The lowest BCUT2D eigenvalue weighted by Gasteiger charge is -2.43. The third-order valence-electron chi connectivity index (χ3n) is 6.45. The Morgan fingerprint density at radius 1 is 1.03 bits per heavy atom. The van der Waals surface area contributed by atoms with E-state index in [-0.39, 0.29) is 0 Å². The molecule has 0 aromatic carbocycles. The highest BCUT2D eigenvalue weighted by molar-refractivity contribution is 5.81. The summed E-state index contributed by atoms with van der Waals surface area (Å²) in [6.45, 7) is -0.00862. The third kappa shape index (κ3) is 6.45. The first-order chi connectivity index (χ1) is 17.8. The van der Waals surface area contributed by atoms with Gasteiger partial charge in [-0.05, 0) is 0 Å². The van der Waals surface area contributed by atoms with Crippen LogP contribution >= 0.6 is 0 Å². The van der Waals surface area contributed by atoms with E-state index >= 15 is 0 Å². The van der Waals surface area contributed by atoms with Crippen LogP contribution in [0.5, 0.6) is 0 Å². The van der Waals surface area contributed by atoms with Gasteiger partial charge in [0.1, 0.15) is 36.6 Å². The van der Waals surface area contributed by atoms with Gasteiger partial charge in [-0.15, -0.1) is 0 Å². The van der Waals surface area contributed by atoms with Gasteiger partial charge >= 0.3 is 5.69 Å². The maximum atomic E-state index is 12.5. The Morgan fingerprint density at radius 2 is 1.68 bits per heavy atom. The number of carbonyl (C=O) groups is 2. The zero-order chi connectivity index (χ0) is 28.3. The number of carbonyl (C=O) groups excluding carboxylic acids is 2. The lowest BCUT2D eigenvalue weighted by Crippen LogP contribution is -2.64. The molecule has 0 saturated carbocycles. The van der Waals surface area contributed by atoms with E-state index in [4.69, 9.17) is 9.47 Å². The molecule has 2 saturated heterocycles. The Hall–Kier alpha value is -2.74. The average Bonchev–Trinajstić information content (AvgIpc) is 3.14. The SMILES string of the molecule is CC(=O)N[C@@H]1[C@@H](O)[C@H](O)[C@@H](CO)O[C@@H]1CC(O)C(O)C(=O)NC[C@H]1O[C@@H](n2ccc(=O)[nH]c2=O)[C@H](O)[C@@H]1O. The van der Waals surface area contributed by atoms with Crippen LogP contribution in [0.3, 0.4) is 0 Å². The van der Waals surface area contributed by atoms with Crippen LogP contribution in [-0.4, -0.2) is 131 Å². The molecule has 0 radical (unpaired) electrons. The van der Waals surface area contributed by atoms with Crippen LogP contribution in [0.1, 0.15) is 19.6 Å². The molecule has 0 bridgehead atoms. The molecule has 214 valence electrons. The van der Waals surface area contributed by atoms with E-state index in [1.54, 1.807) is 0 Å². The number of H-pyrrole nitrogens is 1. The molecule has 11 atom stereocenters. The molecule has 3 heterocycles. The Balaban J connectivity index is 1.60. The highest BCUT2D eigenvalue weighted by Gasteiger charge is 2.47. The van der Waals surface area contributed by atoms with Gasteiger partial charge in [0.15, 0.2) is 12.3 Å². The van der Waals surface area contributed by atoms with Crippen molar-refractivity contribution >= 4 is 11.8 Å². The topological polar surface area (TPSA) is 273 Å². The standard InChI is InChI=1S/C21H32N4O13/c1-7(27)23-13-9(37-11(6-26)16(32)17(13)33)4-8(28)14(30)19(35)22-5-10-15(31)18(34)20(38-10)25-3-2-12(29)24-21(25)36/h2-3,8-11,13-18,20,26,28,30-34H,4-6H2,1H3,(H,22,35)(H,23,27)(H,24,29,36)/t8?,9-,10-,11-,13+,14?,15-,16-,17-,18-,20-/m1/s1. The molecular formula is C21H32N4O13. The maximum absolute atomic E-state index is 12.5. The van der Waals surface area contributed by atoms with E-state index in [1.807, 2.05) is 4.98 Å². The molecule has 2 aliphatic heterocycles. The molecule has 3 rings (SSSR count). The quantitative estimate of drug-likeness (QED) is 0.138. The number of aliphatic hydroxyl groups excluding tert-OH is 7. The fourth-order valence-corrected chi connectivity index (χ4v) is 4.41. The first kappa shape index (κ1) is 29.8. The second kappa shape index (κ2) is 12.4. The number of nitrogens with one attached hydrogen (secondary N) is 3. The first-order valence-corrected chi connectivity index (χ1v) is 11.7. The minimum atomic E-state index is -2.06. The van der Waals surface area contributed by atoms with Crippen LogP contribution < -0.4 is 21.9 Å². The molecule has 10 N–H and O–H groups in total. The number of aromatic amines is 1. The minimum absolute atomic E-state index is 0.457. The van der Waals surface area contributed by atoms with Crippen molar-refractivity contribution in [1.82, 2.24) is 20.2 Å². The molecule has 38 heavy (non-hydrogen) atoms. The number of aromatic nitrogens is 2. The summed E-state index contributed by atoms with van der Waals surface area (Å²) in [5, 5.41) is 75.6. The summed E-state index contributed by atoms with van der Waals surface area (Å²) in [5.74, 6) is -1.71. The van der Waals surface area contributed by atoms with Gasteiger partial charge in [0, 0.05) is 32.2 Å². The van der Waals surface area contributed by atoms with E-state index in [0.717, 1.165) is 23.8 Å². The van der Waals surface area contributed by atoms with E-state index in [0.29, 0.717) is 0 Å². The second-order valence-corrected chi connectivity index (χ2v) is 9.16. The van der Waals surface area contributed by atoms with Crippen molar-refractivity contribution in [3.63, 3.8) is 0 Å². The van der Waals surface area contributed by atoms with Crippen molar-refractivity contribution in [3.05, 3.63) is 33.1 Å². The molecule has 17 heteroatoms. The summed E-state index contributed by atoms with van der Waals surface area (Å²) < 4.78 is 11.8. The molecule has 0 aliphatic carbocycles. The van der Waals surface area contributed by atoms with Crippen molar-refractivity contribution in [2.24, 2.45) is 0 Å². The van der Waals surface area contributed by atoms with Crippen LogP contribution in [0.15, 0.2) is 21.9 Å². The van der Waals surface area contributed by atoms with Crippen molar-refractivity contribution in [2.75, 3.05) is 13.2 Å². The maximum Gasteiger partial charge on any atom is 0.330 e. The van der Waals surface area contributed by atoms with Crippen LogP contribution in [-0.2, 0) is 19.1 Å². The monoisotopic (exact) mass is 548 g/mol. The number of ether oxygens (including phenoxy) is 2. The summed E-state index contributed by atoms with van der Waals surface area (Å²) in [4.78, 5) is 49.2. The van der Waals surface area contributed by atoms with Gasteiger partial charge in [-0.2, -0.15) is 0 Å². The van der Waals surface area contributed by atoms with Gasteiger partial charge in [-0.3, -0.25) is 23.9 Å². The predicted octanol–water partition coefficient (Wildman–Crippen LogP) is -6.63. The van der Waals surface area contributed by atoms with Gasteiger partial charge in [0.2, 0.25) is 5.91 Å². The van der Waals surface area contributed by atoms with Crippen molar-refractivity contribution in [2.45, 2.75) is 80.5 Å². The van der Waals surface area contributed by atoms with Gasteiger partial charge in [-0.25, -0.2) is 4.79 Å². The van der Waals surface area contributed by atoms with Crippen molar-refractivity contribution in [3.8, 4) is 0 Å². The largest absolute Gasteiger partial charge is 0.394 e. The Kier molecular flexibility index (Phi) is 9.74. The molecule has 2 aliphatic rings. The highest BCUT2D eigenvalue weighted by atomic mass is 16.6. The van der Waals surface area contributed by atoms with Crippen molar-refractivity contribution < 1.29 is 54.8 Å². The van der Waals surface area contributed by atoms with Crippen LogP contribution in [0.4, 0.5) is 0 Å². The zero-order valence-corrected chi connectivity index (χ0v) is 20.2. The molecule has 2 unspecified atom stereocenters. The van der Waals surface area contributed by atoms with E-state index in [2.05, 4.69) is 10.6 Å². The van der Waals surface area contributed by atoms with Gasteiger partial charge in [0.05, 0.1) is 24.9 Å². The Bertz CT molecular complexity index is 1100. The van der Waals surface area contributed by atoms with E-state index in [9.17, 15) is 54.9 Å². The molecule has 0 spiro atoms. The summed E-state index contributed by atoms with van der Waals surface area (Å²) in [7, 11) is 0. The average molecular weight is 549 g/mol. The first-order valence-electron chi connectivity index (χ1n) is 11.7. The lowest BCUT2D eigenvalue weighted by molar-refractivity contribution is -0.203. The second-order valence-electron chi connectivity index (χ2n) is 9.16. The lowest BCUT2D eigenvalue weighted by atomic mass is 9.89.